The highest BCUT2D eigenvalue weighted by molar-refractivity contribution is 7.14. The summed E-state index contributed by atoms with van der Waals surface area (Å²) in [6.45, 7) is 8.30. The predicted octanol–water partition coefficient (Wildman–Crippen LogP) is 3.34. The van der Waals surface area contributed by atoms with Crippen molar-refractivity contribution in [3.05, 3.63) is 40.9 Å². The van der Waals surface area contributed by atoms with Gasteiger partial charge in [-0.1, -0.05) is 17.7 Å². The molecule has 1 amide bonds. The van der Waals surface area contributed by atoms with E-state index < -0.39 is 5.60 Å². The highest BCUT2D eigenvalue weighted by Gasteiger charge is 2.20. The molecule has 6 heteroatoms. The van der Waals surface area contributed by atoms with Crippen LogP contribution in [0.2, 0.25) is 0 Å². The van der Waals surface area contributed by atoms with Crippen LogP contribution in [0, 0.1) is 6.92 Å². The Hall–Kier alpha value is -1.76. The van der Waals surface area contributed by atoms with Gasteiger partial charge >= 0.3 is 0 Å². The average Bonchev–Trinajstić information content (AvgIpc) is 2.86. The SMILES string of the molecule is CC(=O)N(c1ccc(C)cc1)c1nc(CN(C)CC(C)(C)O)cs1. The Morgan fingerprint density at radius 3 is 2.46 bits per heavy atom. The molecule has 0 saturated heterocycles. The number of carbonyl (C=O) groups excluding carboxylic acids is 1. The van der Waals surface area contributed by atoms with Crippen molar-refractivity contribution in [1.29, 1.82) is 0 Å². The van der Waals surface area contributed by atoms with Crippen molar-refractivity contribution in [3.63, 3.8) is 0 Å². The number of likely N-dealkylation sites (N-methyl/N-ethyl adjacent to an activating group) is 1. The van der Waals surface area contributed by atoms with Gasteiger partial charge in [0.15, 0.2) is 5.13 Å². The molecule has 1 aromatic heterocycles. The molecule has 0 spiro atoms. The molecule has 0 atom stereocenters. The van der Waals surface area contributed by atoms with E-state index in [4.69, 9.17) is 0 Å². The molecule has 0 aliphatic rings. The van der Waals surface area contributed by atoms with Crippen molar-refractivity contribution < 1.29 is 9.90 Å². The summed E-state index contributed by atoms with van der Waals surface area (Å²) in [4.78, 5) is 20.3. The Balaban J connectivity index is 2.17. The normalized spacial score (nSPS) is 11.8. The maximum absolute atomic E-state index is 12.1. The summed E-state index contributed by atoms with van der Waals surface area (Å²) in [5, 5.41) is 12.5. The van der Waals surface area contributed by atoms with Crippen LogP contribution in [-0.4, -0.2) is 40.1 Å². The number of amides is 1. The summed E-state index contributed by atoms with van der Waals surface area (Å²) in [6.07, 6.45) is 0. The van der Waals surface area contributed by atoms with Crippen molar-refractivity contribution >= 4 is 28.1 Å². The minimum Gasteiger partial charge on any atom is -0.389 e. The molecule has 0 aliphatic heterocycles. The van der Waals surface area contributed by atoms with Crippen LogP contribution >= 0.6 is 11.3 Å². The third-order valence-electron chi connectivity index (χ3n) is 3.43. The first-order valence-electron chi connectivity index (χ1n) is 7.88. The van der Waals surface area contributed by atoms with Gasteiger partial charge in [0, 0.05) is 25.4 Å². The van der Waals surface area contributed by atoms with Gasteiger partial charge in [-0.2, -0.15) is 0 Å². The zero-order chi connectivity index (χ0) is 17.9. The average molecular weight is 347 g/mol. The topological polar surface area (TPSA) is 56.7 Å². The van der Waals surface area contributed by atoms with Crippen LogP contribution in [0.25, 0.3) is 0 Å². The van der Waals surface area contributed by atoms with Crippen molar-refractivity contribution in [2.45, 2.75) is 39.8 Å². The second kappa shape index (κ2) is 7.42. The van der Waals surface area contributed by atoms with Crippen molar-refractivity contribution in [2.75, 3.05) is 18.5 Å². The summed E-state index contributed by atoms with van der Waals surface area (Å²) in [5.41, 5.74) is 2.11. The maximum atomic E-state index is 12.1. The molecular weight excluding hydrogens is 322 g/mol. The third kappa shape index (κ3) is 5.12. The molecule has 0 bridgehead atoms. The molecular formula is C18H25N3O2S. The fourth-order valence-electron chi connectivity index (χ4n) is 2.59. The van der Waals surface area contributed by atoms with Crippen molar-refractivity contribution in [2.24, 2.45) is 0 Å². The van der Waals surface area contributed by atoms with Gasteiger partial charge in [-0.15, -0.1) is 11.3 Å². The van der Waals surface area contributed by atoms with Gasteiger partial charge < -0.3 is 5.11 Å². The minimum absolute atomic E-state index is 0.0652. The number of anilines is 2. The van der Waals surface area contributed by atoms with E-state index >= 15 is 0 Å². The van der Waals surface area contributed by atoms with Gasteiger partial charge in [0.2, 0.25) is 5.91 Å². The summed E-state index contributed by atoms with van der Waals surface area (Å²) >= 11 is 1.45. The van der Waals surface area contributed by atoms with E-state index in [2.05, 4.69) is 4.98 Å². The Kier molecular flexibility index (Phi) is 5.74. The summed E-state index contributed by atoms with van der Waals surface area (Å²) in [7, 11) is 1.94. The monoisotopic (exact) mass is 347 g/mol. The number of hydrogen-bond donors (Lipinski definition) is 1. The maximum Gasteiger partial charge on any atom is 0.230 e. The zero-order valence-electron chi connectivity index (χ0n) is 14.9. The smallest absolute Gasteiger partial charge is 0.230 e. The number of nitrogens with zero attached hydrogens (tertiary/aromatic N) is 3. The molecule has 1 heterocycles. The van der Waals surface area contributed by atoms with E-state index in [1.807, 2.05) is 48.5 Å². The highest BCUT2D eigenvalue weighted by atomic mass is 32.1. The first-order valence-corrected chi connectivity index (χ1v) is 8.76. The largest absolute Gasteiger partial charge is 0.389 e. The molecule has 1 N–H and O–H groups in total. The highest BCUT2D eigenvalue weighted by Crippen LogP contribution is 2.29. The van der Waals surface area contributed by atoms with Crippen LogP contribution in [0.3, 0.4) is 0 Å². The second-order valence-electron chi connectivity index (χ2n) is 6.80. The van der Waals surface area contributed by atoms with E-state index in [1.54, 1.807) is 25.7 Å². The first-order chi connectivity index (χ1) is 11.2. The molecule has 0 aliphatic carbocycles. The van der Waals surface area contributed by atoms with Crippen LogP contribution in [0.1, 0.15) is 32.0 Å². The van der Waals surface area contributed by atoms with Gasteiger partial charge in [0.05, 0.1) is 17.0 Å². The first kappa shape index (κ1) is 18.6. The number of aryl methyl sites for hydroxylation is 1. The van der Waals surface area contributed by atoms with E-state index in [9.17, 15) is 9.90 Å². The number of carbonyl (C=O) groups is 1. The quantitative estimate of drug-likeness (QED) is 0.871. The molecule has 1 aromatic carbocycles. The molecule has 0 unspecified atom stereocenters. The molecule has 0 radical (unpaired) electrons. The lowest BCUT2D eigenvalue weighted by Crippen LogP contribution is -2.35. The molecule has 0 saturated carbocycles. The summed E-state index contributed by atoms with van der Waals surface area (Å²) in [5.74, 6) is -0.0652. The van der Waals surface area contributed by atoms with E-state index in [0.717, 1.165) is 16.9 Å². The van der Waals surface area contributed by atoms with Gasteiger partial charge in [-0.25, -0.2) is 4.98 Å². The Morgan fingerprint density at radius 2 is 1.92 bits per heavy atom. The molecule has 2 rings (SSSR count). The second-order valence-corrected chi connectivity index (χ2v) is 7.63. The number of benzene rings is 1. The molecule has 5 nitrogen and oxygen atoms in total. The van der Waals surface area contributed by atoms with Crippen LogP contribution in [0.5, 0.6) is 0 Å². The molecule has 2 aromatic rings. The molecule has 0 fully saturated rings. The lowest BCUT2D eigenvalue weighted by atomic mass is 10.1. The number of hydrogen-bond acceptors (Lipinski definition) is 5. The van der Waals surface area contributed by atoms with Crippen LogP contribution in [0.4, 0.5) is 10.8 Å². The van der Waals surface area contributed by atoms with Crippen molar-refractivity contribution in [1.82, 2.24) is 9.88 Å². The van der Waals surface area contributed by atoms with Crippen LogP contribution in [-0.2, 0) is 11.3 Å². The molecule has 24 heavy (non-hydrogen) atoms. The molecule has 130 valence electrons. The van der Waals surface area contributed by atoms with E-state index in [0.29, 0.717) is 18.2 Å². The number of rotatable bonds is 6. The van der Waals surface area contributed by atoms with Gasteiger partial charge in [-0.05, 0) is 40.0 Å². The Morgan fingerprint density at radius 1 is 1.29 bits per heavy atom. The lowest BCUT2D eigenvalue weighted by molar-refractivity contribution is -0.115. The van der Waals surface area contributed by atoms with Gasteiger partial charge in [0.1, 0.15) is 0 Å². The minimum atomic E-state index is -0.749. The Labute approximate surface area is 147 Å². The van der Waals surface area contributed by atoms with E-state index in [-0.39, 0.29) is 5.91 Å². The fraction of sp³-hybridized carbons (Fsp3) is 0.444. The number of thiazole rings is 1. The number of aliphatic hydroxyl groups is 1. The van der Waals surface area contributed by atoms with Crippen LogP contribution < -0.4 is 4.90 Å². The van der Waals surface area contributed by atoms with Crippen molar-refractivity contribution in [3.8, 4) is 0 Å². The summed E-state index contributed by atoms with van der Waals surface area (Å²) in [6, 6.07) is 7.82. The number of aromatic nitrogens is 1. The van der Waals surface area contributed by atoms with Gasteiger partial charge in [-0.3, -0.25) is 14.6 Å². The predicted molar refractivity (Wildman–Crippen MR) is 98.7 cm³/mol. The fourth-order valence-corrected chi connectivity index (χ4v) is 3.46. The lowest BCUT2D eigenvalue weighted by Gasteiger charge is -2.24. The summed E-state index contributed by atoms with van der Waals surface area (Å²) < 4.78 is 0. The zero-order valence-corrected chi connectivity index (χ0v) is 15.7. The van der Waals surface area contributed by atoms with Crippen LogP contribution in [0.15, 0.2) is 29.6 Å². The third-order valence-corrected chi connectivity index (χ3v) is 4.30. The van der Waals surface area contributed by atoms with E-state index in [1.165, 1.54) is 11.3 Å². The Bertz CT molecular complexity index is 689. The standard InChI is InChI=1S/C18H25N3O2S/c1-13-6-8-16(9-7-13)21(14(2)22)17-19-15(11-24-17)10-20(5)12-18(3,4)23/h6-9,11,23H,10,12H2,1-5H3. The van der Waals surface area contributed by atoms with Gasteiger partial charge in [0.25, 0.3) is 0 Å².